The number of hydrogen-bond donors (Lipinski definition) is 2. The summed E-state index contributed by atoms with van der Waals surface area (Å²) in [5.74, 6) is 0. The Hall–Kier alpha value is -1.95. The van der Waals surface area contributed by atoms with Crippen molar-refractivity contribution in [3.8, 4) is 0 Å². The summed E-state index contributed by atoms with van der Waals surface area (Å²) in [6.07, 6.45) is 17.2. The molecule has 0 atom stereocenters. The lowest BCUT2D eigenvalue weighted by molar-refractivity contribution is -0.122. The van der Waals surface area contributed by atoms with Gasteiger partial charge in [0.15, 0.2) is 0 Å². The molecule has 0 saturated carbocycles. The fraction of sp³-hybridized carbons (Fsp3) is 0.632. The minimum atomic E-state index is -0.250. The minimum absolute atomic E-state index is 0.0660. The molecule has 1 aromatic rings. The van der Waals surface area contributed by atoms with E-state index in [2.05, 4.69) is 40.6 Å². The van der Waals surface area contributed by atoms with Gasteiger partial charge < -0.3 is 24.4 Å². The molecular formula is C19H34N2O4. The third-order valence-electron chi connectivity index (χ3n) is 3.75. The number of carbonyl (C=O) groups is 1. The van der Waals surface area contributed by atoms with E-state index in [1.807, 2.05) is 0 Å². The van der Waals surface area contributed by atoms with Gasteiger partial charge in [0.25, 0.3) is 6.47 Å². The number of furan rings is 1. The van der Waals surface area contributed by atoms with Crippen LogP contribution in [-0.4, -0.2) is 46.7 Å². The van der Waals surface area contributed by atoms with Gasteiger partial charge in [0.2, 0.25) is 0 Å². The van der Waals surface area contributed by atoms with Crippen molar-refractivity contribution in [1.29, 1.82) is 0 Å². The van der Waals surface area contributed by atoms with Crippen LogP contribution in [0.3, 0.4) is 0 Å². The number of rotatable bonds is 9. The first kappa shape index (κ1) is 23.1. The number of carboxylic acid groups (broad SMARTS) is 1. The quantitative estimate of drug-likeness (QED) is 0.517. The van der Waals surface area contributed by atoms with E-state index in [-0.39, 0.29) is 13.1 Å². The molecule has 0 aliphatic carbocycles. The highest BCUT2D eigenvalue weighted by atomic mass is 16.3. The Kier molecular flexibility index (Phi) is 15.6. The summed E-state index contributed by atoms with van der Waals surface area (Å²) < 4.78 is 4.65. The van der Waals surface area contributed by atoms with E-state index in [1.54, 1.807) is 6.07 Å². The molecule has 25 heavy (non-hydrogen) atoms. The Morgan fingerprint density at radius 3 is 2.24 bits per heavy atom. The summed E-state index contributed by atoms with van der Waals surface area (Å²) in [6.45, 7) is 4.40. The molecule has 6 heteroatoms. The molecule has 2 heterocycles. The van der Waals surface area contributed by atoms with Gasteiger partial charge in [-0.3, -0.25) is 4.79 Å². The van der Waals surface area contributed by atoms with E-state index < -0.39 is 0 Å². The number of unbranched alkanes of at least 4 members (excludes halogenated alkanes) is 6. The van der Waals surface area contributed by atoms with Crippen LogP contribution in [0.25, 0.3) is 0 Å². The van der Waals surface area contributed by atoms with Crippen molar-refractivity contribution in [2.45, 2.75) is 58.5 Å². The van der Waals surface area contributed by atoms with E-state index in [9.17, 15) is 0 Å². The van der Waals surface area contributed by atoms with Crippen molar-refractivity contribution < 1.29 is 19.4 Å². The molecule has 1 aromatic heterocycles. The molecule has 0 unspecified atom stereocenters. The van der Waals surface area contributed by atoms with Crippen molar-refractivity contribution in [3.05, 3.63) is 36.6 Å². The Balaban J connectivity index is 0.000000475. The SMILES string of the molecule is CCCCCCCCCN1C=CN(C)C1.O=CO.OCc1ccoc1. The zero-order valence-electron chi connectivity index (χ0n) is 15.6. The second-order valence-corrected chi connectivity index (χ2v) is 6.03. The summed E-state index contributed by atoms with van der Waals surface area (Å²) in [5.41, 5.74) is 0.819. The third kappa shape index (κ3) is 14.1. The Morgan fingerprint density at radius 2 is 1.80 bits per heavy atom. The molecule has 0 saturated heterocycles. The third-order valence-corrected chi connectivity index (χ3v) is 3.75. The van der Waals surface area contributed by atoms with Gasteiger partial charge in [-0.15, -0.1) is 0 Å². The maximum Gasteiger partial charge on any atom is 0.290 e. The van der Waals surface area contributed by atoms with Crippen LogP contribution in [0.1, 0.15) is 57.4 Å². The first-order valence-corrected chi connectivity index (χ1v) is 9.00. The molecule has 0 amide bonds. The smallest absolute Gasteiger partial charge is 0.290 e. The molecule has 2 N–H and O–H groups in total. The summed E-state index contributed by atoms with van der Waals surface area (Å²) in [4.78, 5) is 13.0. The molecule has 6 nitrogen and oxygen atoms in total. The lowest BCUT2D eigenvalue weighted by Crippen LogP contribution is -2.23. The fourth-order valence-corrected chi connectivity index (χ4v) is 2.39. The number of aliphatic hydroxyl groups excluding tert-OH is 1. The van der Waals surface area contributed by atoms with Crippen LogP contribution in [0, 0.1) is 0 Å². The summed E-state index contributed by atoms with van der Waals surface area (Å²) in [5, 5.41) is 15.3. The average Bonchev–Trinajstić information content (AvgIpc) is 3.27. The van der Waals surface area contributed by atoms with Crippen molar-refractivity contribution in [1.82, 2.24) is 9.80 Å². The minimum Gasteiger partial charge on any atom is -0.483 e. The lowest BCUT2D eigenvalue weighted by Gasteiger charge is -2.17. The zero-order valence-corrected chi connectivity index (χ0v) is 15.6. The van der Waals surface area contributed by atoms with E-state index in [1.165, 1.54) is 64.0 Å². The molecule has 1 aliphatic heterocycles. The van der Waals surface area contributed by atoms with E-state index in [4.69, 9.17) is 15.0 Å². The maximum atomic E-state index is 8.37. The van der Waals surface area contributed by atoms with E-state index in [0.29, 0.717) is 0 Å². The highest BCUT2D eigenvalue weighted by molar-refractivity contribution is 5.32. The van der Waals surface area contributed by atoms with Gasteiger partial charge in [-0.1, -0.05) is 45.4 Å². The molecule has 0 bridgehead atoms. The molecular weight excluding hydrogens is 320 g/mol. The highest BCUT2D eigenvalue weighted by Crippen LogP contribution is 2.09. The lowest BCUT2D eigenvalue weighted by atomic mass is 10.1. The Morgan fingerprint density at radius 1 is 1.16 bits per heavy atom. The highest BCUT2D eigenvalue weighted by Gasteiger charge is 2.06. The van der Waals surface area contributed by atoms with Gasteiger partial charge in [0.1, 0.15) is 0 Å². The second kappa shape index (κ2) is 16.9. The van der Waals surface area contributed by atoms with Crippen molar-refractivity contribution in [3.63, 3.8) is 0 Å². The summed E-state index contributed by atoms with van der Waals surface area (Å²) in [7, 11) is 2.13. The van der Waals surface area contributed by atoms with Crippen molar-refractivity contribution in [2.75, 3.05) is 20.3 Å². The topological polar surface area (TPSA) is 77.2 Å². The molecule has 0 radical (unpaired) electrons. The Labute approximate surface area is 151 Å². The molecule has 0 spiro atoms. The predicted octanol–water partition coefficient (Wildman–Crippen LogP) is 3.89. The number of hydrogen-bond acceptors (Lipinski definition) is 5. The van der Waals surface area contributed by atoms with Gasteiger partial charge in [0.05, 0.1) is 25.8 Å². The molecule has 144 valence electrons. The molecule has 2 rings (SSSR count). The number of nitrogens with zero attached hydrogens (tertiary/aromatic N) is 2. The standard InChI is InChI=1S/C13H26N2.C5H6O2.CH2O2/c1-3-4-5-6-7-8-9-10-15-12-11-14(2)13-15;6-3-5-1-2-7-4-5;2-1-3/h11-12H,3-10,13H2,1-2H3;1-2,4,6H,3H2;1H,(H,2,3). The average molecular weight is 354 g/mol. The monoisotopic (exact) mass is 354 g/mol. The summed E-state index contributed by atoms with van der Waals surface area (Å²) >= 11 is 0. The van der Waals surface area contributed by atoms with Crippen LogP contribution >= 0.6 is 0 Å². The molecule has 1 aliphatic rings. The maximum absolute atomic E-state index is 8.37. The molecule has 0 fully saturated rings. The van der Waals surface area contributed by atoms with Gasteiger partial charge >= 0.3 is 0 Å². The fourth-order valence-electron chi connectivity index (χ4n) is 2.39. The van der Waals surface area contributed by atoms with Crippen molar-refractivity contribution >= 4 is 6.47 Å². The number of aliphatic hydroxyl groups is 1. The van der Waals surface area contributed by atoms with Crippen LogP contribution in [0.4, 0.5) is 0 Å². The van der Waals surface area contributed by atoms with Gasteiger partial charge in [-0.05, 0) is 12.5 Å². The van der Waals surface area contributed by atoms with Gasteiger partial charge in [-0.2, -0.15) is 0 Å². The first-order chi connectivity index (χ1) is 12.2. The van der Waals surface area contributed by atoms with E-state index in [0.717, 1.165) is 12.2 Å². The Bertz CT molecular complexity index is 421. The summed E-state index contributed by atoms with van der Waals surface area (Å²) in [6, 6.07) is 1.72. The molecule has 0 aromatic carbocycles. The van der Waals surface area contributed by atoms with Crippen LogP contribution in [0.15, 0.2) is 35.4 Å². The van der Waals surface area contributed by atoms with Crippen LogP contribution in [0.5, 0.6) is 0 Å². The zero-order chi connectivity index (χ0) is 18.8. The van der Waals surface area contributed by atoms with E-state index >= 15 is 0 Å². The van der Waals surface area contributed by atoms with Crippen LogP contribution in [-0.2, 0) is 11.4 Å². The van der Waals surface area contributed by atoms with Gasteiger partial charge in [0, 0.05) is 31.6 Å². The normalized spacial score (nSPS) is 12.3. The largest absolute Gasteiger partial charge is 0.483 e. The second-order valence-electron chi connectivity index (χ2n) is 6.03. The van der Waals surface area contributed by atoms with Gasteiger partial charge in [-0.25, -0.2) is 0 Å². The predicted molar refractivity (Wildman–Crippen MR) is 99.8 cm³/mol. The van der Waals surface area contributed by atoms with Crippen molar-refractivity contribution in [2.24, 2.45) is 0 Å². The van der Waals surface area contributed by atoms with Crippen LogP contribution in [0.2, 0.25) is 0 Å². The van der Waals surface area contributed by atoms with Crippen LogP contribution < -0.4 is 0 Å². The first-order valence-electron chi connectivity index (χ1n) is 9.00.